The highest BCUT2D eigenvalue weighted by molar-refractivity contribution is 5.72. The number of carbonyl (C=O) groups is 1. The third kappa shape index (κ3) is 1.86. The van der Waals surface area contributed by atoms with Gasteiger partial charge >= 0.3 is 5.97 Å². The molecule has 1 unspecified atom stereocenters. The number of aliphatic hydroxyl groups is 3. The van der Waals surface area contributed by atoms with E-state index >= 15 is 0 Å². The fourth-order valence-electron chi connectivity index (χ4n) is 1.33. The average molecular weight is 208 g/mol. The molecule has 1 rings (SSSR count). The van der Waals surface area contributed by atoms with Crippen LogP contribution in [0.2, 0.25) is 0 Å². The van der Waals surface area contributed by atoms with Crippen molar-refractivity contribution in [3.05, 3.63) is 0 Å². The van der Waals surface area contributed by atoms with Crippen molar-refractivity contribution < 1.29 is 34.7 Å². The topological polar surface area (TPSA) is 116 Å². The van der Waals surface area contributed by atoms with Gasteiger partial charge in [-0.2, -0.15) is 0 Å². The molecule has 1 aliphatic rings. The Hall–Kier alpha value is -0.730. The molecular formula is C7H12O7. The minimum absolute atomic E-state index is 1.05. The van der Waals surface area contributed by atoms with E-state index in [4.69, 9.17) is 15.3 Å². The monoisotopic (exact) mass is 208 g/mol. The fraction of sp³-hybridized carbons (Fsp3) is 0.857. The summed E-state index contributed by atoms with van der Waals surface area (Å²) in [5.41, 5.74) is 0. The molecule has 0 saturated carbocycles. The second-order valence-corrected chi connectivity index (χ2v) is 2.97. The molecule has 82 valence electrons. The molecule has 1 aliphatic heterocycles. The Labute approximate surface area is 79.5 Å². The first-order valence-corrected chi connectivity index (χ1v) is 3.94. The number of methoxy groups -OCH3 is 1. The molecule has 7 nitrogen and oxygen atoms in total. The predicted molar refractivity (Wildman–Crippen MR) is 41.3 cm³/mol. The van der Waals surface area contributed by atoms with E-state index in [1.165, 1.54) is 7.11 Å². The minimum Gasteiger partial charge on any atom is -0.479 e. The Balaban J connectivity index is 2.70. The summed E-state index contributed by atoms with van der Waals surface area (Å²) in [6.45, 7) is 0. The molecule has 7 heteroatoms. The summed E-state index contributed by atoms with van der Waals surface area (Å²) in [7, 11) is 1.23. The van der Waals surface area contributed by atoms with Crippen LogP contribution in [0.5, 0.6) is 0 Å². The fourth-order valence-corrected chi connectivity index (χ4v) is 1.33. The first kappa shape index (κ1) is 11.3. The molecule has 1 saturated heterocycles. The molecule has 5 atom stereocenters. The van der Waals surface area contributed by atoms with Crippen LogP contribution < -0.4 is 0 Å². The third-order valence-corrected chi connectivity index (χ3v) is 2.09. The number of rotatable bonds is 3. The first-order valence-electron chi connectivity index (χ1n) is 3.94. The van der Waals surface area contributed by atoms with Crippen molar-refractivity contribution in [3.8, 4) is 0 Å². The zero-order valence-corrected chi connectivity index (χ0v) is 7.40. The van der Waals surface area contributed by atoms with Gasteiger partial charge in [-0.3, -0.25) is 0 Å². The number of ether oxygens (including phenoxy) is 2. The van der Waals surface area contributed by atoms with E-state index < -0.39 is 36.7 Å². The molecule has 1 heterocycles. The number of hydrogen-bond donors (Lipinski definition) is 4. The Kier molecular flexibility index (Phi) is 3.40. The lowest BCUT2D eigenvalue weighted by molar-refractivity contribution is -0.171. The van der Waals surface area contributed by atoms with Gasteiger partial charge in [0.15, 0.2) is 12.4 Å². The highest BCUT2D eigenvalue weighted by atomic mass is 16.7. The van der Waals surface area contributed by atoms with E-state index in [2.05, 4.69) is 9.47 Å². The van der Waals surface area contributed by atoms with E-state index in [-0.39, 0.29) is 0 Å². The van der Waals surface area contributed by atoms with Crippen LogP contribution in [-0.2, 0) is 14.3 Å². The number of aliphatic hydroxyl groups excluding tert-OH is 3. The lowest BCUT2D eigenvalue weighted by atomic mass is 10.1. The van der Waals surface area contributed by atoms with E-state index in [1.54, 1.807) is 0 Å². The maximum absolute atomic E-state index is 10.4. The van der Waals surface area contributed by atoms with Crippen molar-refractivity contribution in [2.24, 2.45) is 0 Å². The summed E-state index contributed by atoms with van der Waals surface area (Å²) in [6.07, 6.45) is -7.13. The van der Waals surface area contributed by atoms with Crippen molar-refractivity contribution >= 4 is 5.97 Å². The SMILES string of the molecule is CO[C@@H]1[C@@H](O)[C@@H](C(O)C(=O)O)O[C@H]1O. The molecule has 0 aromatic rings. The standard InChI is InChI=1S/C7H12O7/c1-13-5-2(8)4(14-7(5)12)3(9)6(10)11/h2-5,7-9,12H,1H3,(H,10,11)/t2-,3?,4-,5+,7+/m0/s1. The van der Waals surface area contributed by atoms with Gasteiger partial charge in [-0.25, -0.2) is 4.79 Å². The van der Waals surface area contributed by atoms with E-state index in [0.29, 0.717) is 0 Å². The maximum atomic E-state index is 10.4. The number of carboxylic acids is 1. The van der Waals surface area contributed by atoms with Crippen LogP contribution in [0.15, 0.2) is 0 Å². The van der Waals surface area contributed by atoms with Crippen LogP contribution in [0.25, 0.3) is 0 Å². The van der Waals surface area contributed by atoms with Crippen LogP contribution in [0.4, 0.5) is 0 Å². The van der Waals surface area contributed by atoms with Crippen LogP contribution in [0.3, 0.4) is 0 Å². The molecule has 4 N–H and O–H groups in total. The molecule has 0 aromatic carbocycles. The summed E-state index contributed by atoms with van der Waals surface area (Å²) in [5, 5.41) is 36.1. The summed E-state index contributed by atoms with van der Waals surface area (Å²) < 4.78 is 9.32. The molecule has 0 amide bonds. The van der Waals surface area contributed by atoms with E-state index in [1.807, 2.05) is 0 Å². The van der Waals surface area contributed by atoms with Gasteiger partial charge in [0.05, 0.1) is 0 Å². The van der Waals surface area contributed by atoms with Crippen molar-refractivity contribution in [1.82, 2.24) is 0 Å². The lowest BCUT2D eigenvalue weighted by Crippen LogP contribution is -2.43. The largest absolute Gasteiger partial charge is 0.479 e. The van der Waals surface area contributed by atoms with Gasteiger partial charge in [-0.1, -0.05) is 0 Å². The average Bonchev–Trinajstić information content (AvgIpc) is 2.40. The van der Waals surface area contributed by atoms with Crippen molar-refractivity contribution in [3.63, 3.8) is 0 Å². The molecule has 1 fully saturated rings. The zero-order chi connectivity index (χ0) is 10.9. The molecular weight excluding hydrogens is 196 g/mol. The van der Waals surface area contributed by atoms with E-state index in [9.17, 15) is 9.90 Å². The Morgan fingerprint density at radius 1 is 1.50 bits per heavy atom. The molecule has 0 aliphatic carbocycles. The van der Waals surface area contributed by atoms with Crippen molar-refractivity contribution in [1.29, 1.82) is 0 Å². The normalized spacial score (nSPS) is 39.7. The third-order valence-electron chi connectivity index (χ3n) is 2.09. The van der Waals surface area contributed by atoms with Gasteiger partial charge in [0.2, 0.25) is 0 Å². The van der Waals surface area contributed by atoms with Gasteiger partial charge < -0.3 is 29.9 Å². The molecule has 14 heavy (non-hydrogen) atoms. The minimum atomic E-state index is -1.89. The number of carboxylic acid groups (broad SMARTS) is 1. The molecule has 0 spiro atoms. The van der Waals surface area contributed by atoms with Gasteiger partial charge in [0.25, 0.3) is 0 Å². The highest BCUT2D eigenvalue weighted by Crippen LogP contribution is 2.24. The lowest BCUT2D eigenvalue weighted by Gasteiger charge is -2.17. The molecule has 0 bridgehead atoms. The smallest absolute Gasteiger partial charge is 0.335 e. The zero-order valence-electron chi connectivity index (χ0n) is 7.40. The summed E-state index contributed by atoms with van der Waals surface area (Å²) in [4.78, 5) is 10.4. The quantitative estimate of drug-likeness (QED) is 0.406. The van der Waals surface area contributed by atoms with Crippen LogP contribution in [0, 0.1) is 0 Å². The Morgan fingerprint density at radius 3 is 2.43 bits per heavy atom. The van der Waals surface area contributed by atoms with Gasteiger partial charge in [0.1, 0.15) is 18.3 Å². The van der Waals surface area contributed by atoms with Gasteiger partial charge in [0, 0.05) is 7.11 Å². The maximum Gasteiger partial charge on any atom is 0.335 e. The second kappa shape index (κ2) is 4.20. The van der Waals surface area contributed by atoms with Crippen LogP contribution >= 0.6 is 0 Å². The summed E-state index contributed by atoms with van der Waals surface area (Å²) in [5.74, 6) is -1.53. The van der Waals surface area contributed by atoms with Crippen LogP contribution in [0.1, 0.15) is 0 Å². The second-order valence-electron chi connectivity index (χ2n) is 2.97. The van der Waals surface area contributed by atoms with Gasteiger partial charge in [-0.05, 0) is 0 Å². The van der Waals surface area contributed by atoms with Crippen molar-refractivity contribution in [2.45, 2.75) is 30.7 Å². The number of aliphatic carboxylic acids is 1. The van der Waals surface area contributed by atoms with E-state index in [0.717, 1.165) is 0 Å². The summed E-state index contributed by atoms with van der Waals surface area (Å²) >= 11 is 0. The summed E-state index contributed by atoms with van der Waals surface area (Å²) in [6, 6.07) is 0. The Morgan fingerprint density at radius 2 is 2.07 bits per heavy atom. The Bertz CT molecular complexity index is 218. The predicted octanol–water partition coefficient (Wildman–Crippen LogP) is -2.47. The van der Waals surface area contributed by atoms with Crippen molar-refractivity contribution in [2.75, 3.05) is 7.11 Å². The highest BCUT2D eigenvalue weighted by Gasteiger charge is 2.48. The van der Waals surface area contributed by atoms with Crippen LogP contribution in [-0.4, -0.2) is 64.2 Å². The number of hydrogen-bond acceptors (Lipinski definition) is 6. The molecule has 0 aromatic heterocycles. The first-order chi connectivity index (χ1) is 6.49. The molecule has 0 radical (unpaired) electrons. The van der Waals surface area contributed by atoms with Gasteiger partial charge in [-0.15, -0.1) is 0 Å².